The molecule has 1 aromatic heterocycles. The predicted octanol–water partition coefficient (Wildman–Crippen LogP) is 1.06. The maximum absolute atomic E-state index is 13.5. The van der Waals surface area contributed by atoms with Crippen LogP contribution < -0.4 is 16.3 Å². The Balaban J connectivity index is 1.66. The monoisotopic (exact) mass is 522 g/mol. The van der Waals surface area contributed by atoms with E-state index in [4.69, 9.17) is 5.73 Å². The lowest BCUT2D eigenvalue weighted by Gasteiger charge is -2.34. The van der Waals surface area contributed by atoms with Crippen molar-refractivity contribution >= 4 is 32.5 Å². The zero-order chi connectivity index (χ0) is 26.3. The van der Waals surface area contributed by atoms with Crippen LogP contribution in [0.5, 0.6) is 0 Å². The molecular formula is C26H30N6O4S. The fourth-order valence-corrected chi connectivity index (χ4v) is 6.49. The van der Waals surface area contributed by atoms with Gasteiger partial charge in [-0.1, -0.05) is 18.2 Å². The average Bonchev–Trinajstić information content (AvgIpc) is 3.13. The van der Waals surface area contributed by atoms with E-state index in [0.29, 0.717) is 28.7 Å². The second kappa shape index (κ2) is 9.68. The van der Waals surface area contributed by atoms with E-state index >= 15 is 0 Å². The van der Waals surface area contributed by atoms with Gasteiger partial charge >= 0.3 is 5.69 Å². The lowest BCUT2D eigenvalue weighted by molar-refractivity contribution is 0.0770. The maximum Gasteiger partial charge on any atom is 0.329 e. The summed E-state index contributed by atoms with van der Waals surface area (Å²) in [4.78, 5) is 30.7. The third kappa shape index (κ3) is 4.74. The number of rotatable bonds is 4. The van der Waals surface area contributed by atoms with Crippen LogP contribution in [0.25, 0.3) is 11.0 Å². The molecule has 0 unspecified atom stereocenters. The summed E-state index contributed by atoms with van der Waals surface area (Å²) in [7, 11) is -1.46. The van der Waals surface area contributed by atoms with Crippen LogP contribution in [0.1, 0.15) is 34.3 Å². The normalized spacial score (nSPS) is 19.6. The average molecular weight is 523 g/mol. The zero-order valence-electron chi connectivity index (χ0n) is 20.8. The predicted molar refractivity (Wildman–Crippen MR) is 141 cm³/mol. The number of sulfone groups is 1. The number of imidazole rings is 1. The molecule has 2 N–H and O–H groups in total. The van der Waals surface area contributed by atoms with Gasteiger partial charge < -0.3 is 15.5 Å². The number of hydrogen-bond acceptors (Lipinski definition) is 7. The van der Waals surface area contributed by atoms with Gasteiger partial charge in [0.25, 0.3) is 5.91 Å². The summed E-state index contributed by atoms with van der Waals surface area (Å²) in [6.45, 7) is 1.83. The number of aromatic nitrogens is 2. The van der Waals surface area contributed by atoms with Crippen molar-refractivity contribution in [2.24, 2.45) is 12.8 Å². The molecule has 2 aliphatic heterocycles. The topological polar surface area (TPSA) is 134 Å². The molecule has 3 heterocycles. The molecule has 0 spiro atoms. The smallest absolute Gasteiger partial charge is 0.329 e. The number of aryl methyl sites for hydroxylation is 1. The number of carbonyl (C=O) groups is 1. The first kappa shape index (κ1) is 25.0. The zero-order valence-corrected chi connectivity index (χ0v) is 21.6. The standard InChI is InChI=1S/C26H30N6O4S/c1-29-22-13-20(25(33)30-9-11-37(35,36)12-10-30)14-23(31-8-4-7-21(28)17-31)24(22)32(26(29)34)16-19-6-3-2-5-18(19)15-27/h2-3,5-6,13-14,21H,4,7-12,16-17,28H2,1H3/t21-/m1/s1. The van der Waals surface area contributed by atoms with Crippen LogP contribution in [0.15, 0.2) is 41.2 Å². The van der Waals surface area contributed by atoms with E-state index in [9.17, 15) is 23.3 Å². The molecule has 5 rings (SSSR count). The van der Waals surface area contributed by atoms with E-state index in [-0.39, 0.29) is 48.8 Å². The minimum absolute atomic E-state index is 0.0290. The van der Waals surface area contributed by atoms with Crippen LogP contribution in [0.2, 0.25) is 0 Å². The summed E-state index contributed by atoms with van der Waals surface area (Å²) in [6.07, 6.45) is 1.79. The number of nitrogens with two attached hydrogens (primary N) is 1. The number of piperidine rings is 1. The first-order valence-electron chi connectivity index (χ1n) is 12.4. The van der Waals surface area contributed by atoms with Crippen LogP contribution >= 0.6 is 0 Å². The van der Waals surface area contributed by atoms with Crippen LogP contribution in [0.3, 0.4) is 0 Å². The summed E-state index contributed by atoms with van der Waals surface area (Å²) in [5.41, 5.74) is 9.72. The molecule has 0 radical (unpaired) electrons. The Morgan fingerprint density at radius 1 is 1.16 bits per heavy atom. The highest BCUT2D eigenvalue weighted by Crippen LogP contribution is 2.32. The fraction of sp³-hybridized carbons (Fsp3) is 0.423. The van der Waals surface area contributed by atoms with Crippen molar-refractivity contribution in [2.75, 3.05) is 42.6 Å². The van der Waals surface area contributed by atoms with Crippen LogP contribution in [0.4, 0.5) is 5.69 Å². The molecule has 2 aromatic carbocycles. The molecule has 0 bridgehead atoms. The first-order chi connectivity index (χ1) is 17.7. The number of amides is 1. The number of benzene rings is 2. The Labute approximate surface area is 215 Å². The molecule has 3 aromatic rings. The number of fused-ring (bicyclic) bond motifs is 1. The van der Waals surface area contributed by atoms with Gasteiger partial charge in [-0.25, -0.2) is 13.2 Å². The van der Waals surface area contributed by atoms with Crippen LogP contribution in [0, 0.1) is 11.3 Å². The first-order valence-corrected chi connectivity index (χ1v) is 14.2. The molecule has 0 aliphatic carbocycles. The molecule has 2 saturated heterocycles. The minimum Gasteiger partial charge on any atom is -0.368 e. The van der Waals surface area contributed by atoms with Crippen LogP contribution in [-0.4, -0.2) is 72.1 Å². The second-order valence-corrected chi connectivity index (χ2v) is 12.2. The fourth-order valence-electron chi connectivity index (χ4n) is 5.29. The Morgan fingerprint density at radius 3 is 2.59 bits per heavy atom. The van der Waals surface area contributed by atoms with Crippen molar-refractivity contribution in [2.45, 2.75) is 25.4 Å². The summed E-state index contributed by atoms with van der Waals surface area (Å²) in [5.74, 6) is -0.362. The molecule has 1 atom stereocenters. The van der Waals surface area contributed by atoms with Gasteiger partial charge in [-0.2, -0.15) is 5.26 Å². The molecular weight excluding hydrogens is 492 g/mol. The minimum atomic E-state index is -3.13. The summed E-state index contributed by atoms with van der Waals surface area (Å²) in [5, 5.41) is 9.58. The van der Waals surface area contributed by atoms with Gasteiger partial charge in [0.05, 0.1) is 46.4 Å². The molecule has 37 heavy (non-hydrogen) atoms. The van der Waals surface area contributed by atoms with E-state index in [1.807, 2.05) is 12.1 Å². The molecule has 0 saturated carbocycles. The Morgan fingerprint density at radius 2 is 1.89 bits per heavy atom. The lowest BCUT2D eigenvalue weighted by atomic mass is 10.0. The number of hydrogen-bond donors (Lipinski definition) is 1. The Kier molecular flexibility index (Phi) is 6.56. The molecule has 1 amide bonds. The quantitative estimate of drug-likeness (QED) is 0.541. The SMILES string of the molecule is Cn1c(=O)n(Cc2ccccc2C#N)c2c(N3CCC[C@@H](N)C3)cc(C(=O)N3CCS(=O)(=O)CC3)cc21. The van der Waals surface area contributed by atoms with Gasteiger partial charge in [0.15, 0.2) is 9.84 Å². The lowest BCUT2D eigenvalue weighted by Crippen LogP contribution is -2.44. The van der Waals surface area contributed by atoms with Crippen molar-refractivity contribution in [1.82, 2.24) is 14.0 Å². The van der Waals surface area contributed by atoms with Crippen molar-refractivity contribution in [3.63, 3.8) is 0 Å². The van der Waals surface area contributed by atoms with Gasteiger partial charge in [-0.05, 0) is 36.6 Å². The van der Waals surface area contributed by atoms with Crippen LogP contribution in [-0.2, 0) is 23.4 Å². The van der Waals surface area contributed by atoms with Gasteiger partial charge in [-0.3, -0.25) is 13.9 Å². The molecule has 194 valence electrons. The molecule has 10 nitrogen and oxygen atoms in total. The van der Waals surface area contributed by atoms with Gasteiger partial charge in [-0.15, -0.1) is 0 Å². The number of nitriles is 1. The third-order valence-corrected chi connectivity index (χ3v) is 8.97. The molecule has 11 heteroatoms. The van der Waals surface area contributed by atoms with Crippen molar-refractivity contribution in [3.05, 3.63) is 63.6 Å². The van der Waals surface area contributed by atoms with Crippen molar-refractivity contribution < 1.29 is 13.2 Å². The largest absolute Gasteiger partial charge is 0.368 e. The van der Waals surface area contributed by atoms with E-state index in [1.165, 1.54) is 4.57 Å². The highest BCUT2D eigenvalue weighted by Gasteiger charge is 2.29. The van der Waals surface area contributed by atoms with Gasteiger partial charge in [0, 0.05) is 44.8 Å². The number of carbonyl (C=O) groups excluding carboxylic acids is 1. The van der Waals surface area contributed by atoms with Crippen molar-refractivity contribution in [1.29, 1.82) is 5.26 Å². The van der Waals surface area contributed by atoms with Crippen molar-refractivity contribution in [3.8, 4) is 6.07 Å². The Bertz CT molecular complexity index is 1570. The van der Waals surface area contributed by atoms with E-state index < -0.39 is 9.84 Å². The molecule has 2 aliphatic rings. The second-order valence-electron chi connectivity index (χ2n) is 9.85. The highest BCUT2D eigenvalue weighted by atomic mass is 32.2. The van der Waals surface area contributed by atoms with E-state index in [0.717, 1.165) is 30.6 Å². The van der Waals surface area contributed by atoms with Gasteiger partial charge in [0.1, 0.15) is 0 Å². The third-order valence-electron chi connectivity index (χ3n) is 7.36. The molecule has 2 fully saturated rings. The summed E-state index contributed by atoms with van der Waals surface area (Å²) < 4.78 is 26.9. The maximum atomic E-state index is 13.5. The Hall–Kier alpha value is -3.62. The van der Waals surface area contributed by atoms with Gasteiger partial charge in [0.2, 0.25) is 0 Å². The van der Waals surface area contributed by atoms with E-state index in [2.05, 4.69) is 11.0 Å². The summed E-state index contributed by atoms with van der Waals surface area (Å²) in [6, 6.07) is 12.9. The highest BCUT2D eigenvalue weighted by molar-refractivity contribution is 7.91. The van der Waals surface area contributed by atoms with E-state index in [1.54, 1.807) is 40.8 Å². The number of anilines is 1. The number of nitrogens with zero attached hydrogens (tertiary/aromatic N) is 5. The summed E-state index contributed by atoms with van der Waals surface area (Å²) >= 11 is 0.